The summed E-state index contributed by atoms with van der Waals surface area (Å²) >= 11 is 0. The predicted molar refractivity (Wildman–Crippen MR) is 84.9 cm³/mol. The van der Waals surface area contributed by atoms with Gasteiger partial charge < -0.3 is 4.74 Å². The van der Waals surface area contributed by atoms with Crippen molar-refractivity contribution in [2.45, 2.75) is 31.5 Å². The summed E-state index contributed by atoms with van der Waals surface area (Å²) in [6.45, 7) is 6.05. The van der Waals surface area contributed by atoms with Gasteiger partial charge in [-0.05, 0) is 40.7 Å². The van der Waals surface area contributed by atoms with Crippen LogP contribution < -0.4 is 0 Å². The number of nitrogens with zero attached hydrogens (tertiary/aromatic N) is 4. The molecule has 2 aromatic rings. The molecule has 1 saturated carbocycles. The second-order valence-corrected chi connectivity index (χ2v) is 7.12. The average Bonchev–Trinajstić information content (AvgIpc) is 3.31. The molecule has 1 aromatic heterocycles. The minimum Gasteiger partial charge on any atom is -0.378 e. The quantitative estimate of drug-likeness (QED) is 0.856. The van der Waals surface area contributed by atoms with Crippen molar-refractivity contribution < 1.29 is 9.37 Å². The Labute approximate surface area is 135 Å². The summed E-state index contributed by atoms with van der Waals surface area (Å²) < 4.78 is 10.8. The molecule has 3 heterocycles. The lowest BCUT2D eigenvalue weighted by Gasteiger charge is -2.48. The van der Waals surface area contributed by atoms with Gasteiger partial charge in [-0.3, -0.25) is 9.80 Å². The van der Waals surface area contributed by atoms with Crippen molar-refractivity contribution in [1.82, 2.24) is 20.1 Å². The van der Waals surface area contributed by atoms with E-state index in [1.165, 1.54) is 18.4 Å². The van der Waals surface area contributed by atoms with Crippen molar-refractivity contribution in [3.63, 3.8) is 0 Å². The van der Waals surface area contributed by atoms with Crippen LogP contribution in [0.4, 0.5) is 0 Å². The lowest BCUT2D eigenvalue weighted by atomic mass is 10.0. The highest BCUT2D eigenvalue weighted by atomic mass is 16.6. The van der Waals surface area contributed by atoms with Gasteiger partial charge in [-0.2, -0.15) is 0 Å². The highest BCUT2D eigenvalue weighted by Gasteiger charge is 2.42. The SMILES string of the molecule is c1cc(CN2CCN3[C@@H](COC[C@@H]3C3CC3)C2)c2nonc2c1. The Bertz CT molecular complexity index is 699. The molecular formula is C17H22N4O2. The molecule has 6 heteroatoms. The first-order chi connectivity index (χ1) is 11.4. The minimum atomic E-state index is 0.540. The van der Waals surface area contributed by atoms with Crippen LogP contribution in [0.2, 0.25) is 0 Å². The molecule has 0 unspecified atom stereocenters. The number of piperazine rings is 1. The van der Waals surface area contributed by atoms with Crippen molar-refractivity contribution in [2.24, 2.45) is 5.92 Å². The van der Waals surface area contributed by atoms with E-state index in [-0.39, 0.29) is 0 Å². The van der Waals surface area contributed by atoms with Gasteiger partial charge in [0.25, 0.3) is 0 Å². The molecule has 3 fully saturated rings. The van der Waals surface area contributed by atoms with E-state index in [1.807, 2.05) is 12.1 Å². The fourth-order valence-corrected chi connectivity index (χ4v) is 4.20. The van der Waals surface area contributed by atoms with Gasteiger partial charge in [0.2, 0.25) is 0 Å². The molecule has 122 valence electrons. The molecule has 6 nitrogen and oxygen atoms in total. The monoisotopic (exact) mass is 314 g/mol. The second kappa shape index (κ2) is 5.54. The molecule has 0 bridgehead atoms. The minimum absolute atomic E-state index is 0.540. The first-order valence-corrected chi connectivity index (χ1v) is 8.64. The molecule has 5 rings (SSSR count). The number of hydrogen-bond acceptors (Lipinski definition) is 6. The molecule has 2 atom stereocenters. The van der Waals surface area contributed by atoms with Crippen LogP contribution >= 0.6 is 0 Å². The third-order valence-electron chi connectivity index (χ3n) is 5.57. The van der Waals surface area contributed by atoms with Crippen molar-refractivity contribution >= 4 is 11.0 Å². The van der Waals surface area contributed by atoms with E-state index >= 15 is 0 Å². The van der Waals surface area contributed by atoms with Crippen molar-refractivity contribution in [2.75, 3.05) is 32.8 Å². The molecule has 1 aliphatic carbocycles. The first-order valence-electron chi connectivity index (χ1n) is 8.64. The van der Waals surface area contributed by atoms with Crippen LogP contribution in [0, 0.1) is 5.92 Å². The average molecular weight is 314 g/mol. The van der Waals surface area contributed by atoms with Crippen LogP contribution in [-0.2, 0) is 11.3 Å². The molecule has 0 N–H and O–H groups in total. The Hall–Kier alpha value is -1.50. The zero-order chi connectivity index (χ0) is 15.2. The number of ether oxygens (including phenoxy) is 1. The molecule has 1 aromatic carbocycles. The van der Waals surface area contributed by atoms with Crippen LogP contribution in [0.3, 0.4) is 0 Å². The van der Waals surface area contributed by atoms with Gasteiger partial charge in [0.15, 0.2) is 0 Å². The number of rotatable bonds is 3. The number of hydrogen-bond donors (Lipinski definition) is 0. The number of aromatic nitrogens is 2. The molecular weight excluding hydrogens is 292 g/mol. The summed E-state index contributed by atoms with van der Waals surface area (Å²) in [4.78, 5) is 5.24. The van der Waals surface area contributed by atoms with Crippen LogP contribution in [0.25, 0.3) is 11.0 Å². The lowest BCUT2D eigenvalue weighted by Crippen LogP contribution is -2.62. The third kappa shape index (κ3) is 2.55. The molecule has 3 aliphatic rings. The van der Waals surface area contributed by atoms with Crippen LogP contribution in [-0.4, -0.2) is 65.0 Å². The van der Waals surface area contributed by atoms with E-state index in [4.69, 9.17) is 9.37 Å². The largest absolute Gasteiger partial charge is 0.378 e. The first kappa shape index (κ1) is 13.9. The highest BCUT2D eigenvalue weighted by molar-refractivity contribution is 5.76. The molecule has 2 aliphatic heterocycles. The van der Waals surface area contributed by atoms with E-state index in [2.05, 4.69) is 26.2 Å². The van der Waals surface area contributed by atoms with E-state index in [0.29, 0.717) is 12.1 Å². The number of benzene rings is 1. The molecule has 0 radical (unpaired) electrons. The zero-order valence-corrected chi connectivity index (χ0v) is 13.2. The third-order valence-corrected chi connectivity index (χ3v) is 5.57. The van der Waals surface area contributed by atoms with Crippen LogP contribution in [0.1, 0.15) is 18.4 Å². The maximum Gasteiger partial charge on any atom is 0.139 e. The van der Waals surface area contributed by atoms with Crippen molar-refractivity contribution in [3.8, 4) is 0 Å². The fraction of sp³-hybridized carbons (Fsp3) is 0.647. The lowest BCUT2D eigenvalue weighted by molar-refractivity contribution is -0.0879. The summed E-state index contributed by atoms with van der Waals surface area (Å²) in [5.41, 5.74) is 2.94. The summed E-state index contributed by atoms with van der Waals surface area (Å²) in [7, 11) is 0. The van der Waals surface area contributed by atoms with Gasteiger partial charge in [-0.1, -0.05) is 12.1 Å². The van der Waals surface area contributed by atoms with Crippen LogP contribution in [0.15, 0.2) is 22.8 Å². The molecule has 0 amide bonds. The molecule has 2 saturated heterocycles. The van der Waals surface area contributed by atoms with Gasteiger partial charge in [0.1, 0.15) is 11.0 Å². The van der Waals surface area contributed by atoms with Gasteiger partial charge in [-0.25, -0.2) is 4.63 Å². The Balaban J connectivity index is 1.31. The summed E-state index contributed by atoms with van der Waals surface area (Å²) in [5, 5.41) is 8.00. The van der Waals surface area contributed by atoms with Crippen LogP contribution in [0.5, 0.6) is 0 Å². The Morgan fingerprint density at radius 3 is 3.00 bits per heavy atom. The zero-order valence-electron chi connectivity index (χ0n) is 13.2. The summed E-state index contributed by atoms with van der Waals surface area (Å²) in [6, 6.07) is 7.31. The second-order valence-electron chi connectivity index (χ2n) is 7.12. The van der Waals surface area contributed by atoms with E-state index in [1.54, 1.807) is 0 Å². The normalized spacial score (nSPS) is 29.7. The topological polar surface area (TPSA) is 54.6 Å². The summed E-state index contributed by atoms with van der Waals surface area (Å²) in [6.07, 6.45) is 2.78. The fourth-order valence-electron chi connectivity index (χ4n) is 4.20. The molecule has 0 spiro atoms. The standard InChI is InChI=1S/C17H22N4O2/c1-2-13(17-15(3-1)18-23-19-17)8-20-6-7-21-14(9-20)10-22-11-16(21)12-4-5-12/h1-3,12,14,16H,4-11H2/t14-,16-/m1/s1. The van der Waals surface area contributed by atoms with E-state index < -0.39 is 0 Å². The summed E-state index contributed by atoms with van der Waals surface area (Å²) in [5.74, 6) is 0.888. The van der Waals surface area contributed by atoms with Crippen molar-refractivity contribution in [3.05, 3.63) is 23.8 Å². The Morgan fingerprint density at radius 2 is 2.09 bits per heavy atom. The number of morpholine rings is 1. The maximum absolute atomic E-state index is 5.90. The van der Waals surface area contributed by atoms with E-state index in [9.17, 15) is 0 Å². The predicted octanol–water partition coefficient (Wildman–Crippen LogP) is 1.52. The van der Waals surface area contributed by atoms with E-state index in [0.717, 1.165) is 56.3 Å². The number of fused-ring (bicyclic) bond motifs is 2. The van der Waals surface area contributed by atoms with Crippen molar-refractivity contribution in [1.29, 1.82) is 0 Å². The van der Waals surface area contributed by atoms with Gasteiger partial charge in [0.05, 0.1) is 13.2 Å². The Kier molecular flexibility index (Phi) is 3.35. The van der Waals surface area contributed by atoms with Gasteiger partial charge in [0, 0.05) is 38.3 Å². The Morgan fingerprint density at radius 1 is 1.13 bits per heavy atom. The van der Waals surface area contributed by atoms with Gasteiger partial charge in [-0.15, -0.1) is 0 Å². The molecule has 23 heavy (non-hydrogen) atoms. The maximum atomic E-state index is 5.90. The van der Waals surface area contributed by atoms with Gasteiger partial charge >= 0.3 is 0 Å². The highest BCUT2D eigenvalue weighted by Crippen LogP contribution is 2.38. The smallest absolute Gasteiger partial charge is 0.139 e.